The highest BCUT2D eigenvalue weighted by Crippen LogP contribution is 2.42. The van der Waals surface area contributed by atoms with Crippen LogP contribution >= 0.6 is 11.6 Å². The molecule has 2 aliphatic rings. The second-order valence-electron chi connectivity index (χ2n) is 10.5. The average molecular weight is 554 g/mol. The van der Waals surface area contributed by atoms with Crippen LogP contribution in [0.25, 0.3) is 11.1 Å². The maximum Gasteiger partial charge on any atom is 0.335 e. The van der Waals surface area contributed by atoms with Crippen molar-refractivity contribution in [1.82, 2.24) is 4.90 Å². The van der Waals surface area contributed by atoms with Crippen molar-refractivity contribution in [3.8, 4) is 0 Å². The molecule has 1 saturated heterocycles. The fourth-order valence-electron chi connectivity index (χ4n) is 5.96. The summed E-state index contributed by atoms with van der Waals surface area (Å²) in [5, 5.41) is 9.90. The summed E-state index contributed by atoms with van der Waals surface area (Å²) in [7, 11) is 0. The van der Waals surface area contributed by atoms with Crippen LogP contribution in [-0.4, -0.2) is 42.0 Å². The van der Waals surface area contributed by atoms with Gasteiger partial charge in [-0.05, 0) is 108 Å². The van der Waals surface area contributed by atoms with Gasteiger partial charge < -0.3 is 10.0 Å². The molecule has 204 valence electrons. The van der Waals surface area contributed by atoms with Crippen molar-refractivity contribution in [2.24, 2.45) is 5.92 Å². The molecule has 0 aromatic heterocycles. The highest BCUT2D eigenvalue weighted by Gasteiger charge is 2.25. The van der Waals surface area contributed by atoms with E-state index < -0.39 is 18.2 Å². The largest absolute Gasteiger partial charge is 0.478 e. The monoisotopic (exact) mass is 553 g/mol. The number of halogens is 4. The normalized spacial score (nSPS) is 17.9. The number of allylic oxidation sites excluding steroid dienone is 1. The lowest BCUT2D eigenvalue weighted by atomic mass is 9.86. The molecule has 0 radical (unpaired) electrons. The van der Waals surface area contributed by atoms with E-state index in [-0.39, 0.29) is 12.0 Å². The van der Waals surface area contributed by atoms with Gasteiger partial charge in [0.1, 0.15) is 5.82 Å². The van der Waals surface area contributed by atoms with Gasteiger partial charge in [0.25, 0.3) is 0 Å². The summed E-state index contributed by atoms with van der Waals surface area (Å²) in [4.78, 5) is 13.8. The molecule has 0 spiro atoms. The number of alkyl halides is 2. The minimum absolute atomic E-state index is 0.0770. The summed E-state index contributed by atoms with van der Waals surface area (Å²) in [6.45, 7) is 2.14. The van der Waals surface area contributed by atoms with E-state index in [0.717, 1.165) is 78.6 Å². The van der Waals surface area contributed by atoms with Crippen LogP contribution < -0.4 is 0 Å². The van der Waals surface area contributed by atoms with Crippen molar-refractivity contribution in [3.63, 3.8) is 0 Å². The third kappa shape index (κ3) is 6.39. The van der Waals surface area contributed by atoms with E-state index in [1.165, 1.54) is 17.7 Å². The van der Waals surface area contributed by atoms with Crippen molar-refractivity contribution < 1.29 is 23.1 Å². The first-order chi connectivity index (χ1) is 18.8. The summed E-state index contributed by atoms with van der Waals surface area (Å²) in [6.07, 6.45) is 1.81. The molecule has 1 fully saturated rings. The first-order valence-corrected chi connectivity index (χ1v) is 13.8. The molecule has 1 aliphatic carbocycles. The molecule has 5 rings (SSSR count). The summed E-state index contributed by atoms with van der Waals surface area (Å²) in [5.41, 5.74) is 7.15. The average Bonchev–Trinajstić information content (AvgIpc) is 3.26. The van der Waals surface area contributed by atoms with Crippen LogP contribution in [0.2, 0.25) is 5.02 Å². The smallest absolute Gasteiger partial charge is 0.335 e. The van der Waals surface area contributed by atoms with Gasteiger partial charge in [-0.25, -0.2) is 18.0 Å². The third-order valence-corrected chi connectivity index (χ3v) is 8.17. The van der Waals surface area contributed by atoms with Crippen LogP contribution in [-0.2, 0) is 12.8 Å². The number of nitrogens with zero attached hydrogens (tertiary/aromatic N) is 1. The topological polar surface area (TPSA) is 40.5 Å². The molecule has 39 heavy (non-hydrogen) atoms. The maximum atomic E-state index is 13.9. The van der Waals surface area contributed by atoms with Crippen LogP contribution in [0.15, 0.2) is 60.7 Å². The fraction of sp³-hybridized carbons (Fsp3) is 0.344. The highest BCUT2D eigenvalue weighted by molar-refractivity contribution is 6.32. The second-order valence-corrected chi connectivity index (χ2v) is 11.0. The first kappa shape index (κ1) is 27.5. The van der Waals surface area contributed by atoms with Gasteiger partial charge in [-0.1, -0.05) is 48.0 Å². The number of rotatable bonds is 8. The van der Waals surface area contributed by atoms with E-state index in [0.29, 0.717) is 17.5 Å². The van der Waals surface area contributed by atoms with E-state index in [4.69, 9.17) is 11.6 Å². The number of likely N-dealkylation sites (tertiary alicyclic amines) is 1. The predicted molar refractivity (Wildman–Crippen MR) is 149 cm³/mol. The zero-order chi connectivity index (χ0) is 27.5. The molecule has 0 bridgehead atoms. The number of hydrogen-bond donors (Lipinski definition) is 1. The summed E-state index contributed by atoms with van der Waals surface area (Å²) >= 11 is 6.54. The molecule has 1 atom stereocenters. The van der Waals surface area contributed by atoms with Gasteiger partial charge in [0.15, 0.2) is 0 Å². The molecule has 1 N–H and O–H groups in total. The van der Waals surface area contributed by atoms with E-state index in [9.17, 15) is 23.1 Å². The SMILES string of the molecule is O=C(O)c1ccc2c(c1)CCCC(c1ccc(F)cc1Cl)=C2c1ccc(CC2CCN(CCC(F)F)C2)cc1. The Morgan fingerprint density at radius 1 is 1.03 bits per heavy atom. The van der Waals surface area contributed by atoms with Gasteiger partial charge in [0.05, 0.1) is 10.6 Å². The molecular weight excluding hydrogens is 523 g/mol. The standard InChI is InChI=1S/C32H31ClF3NO2/c33-29-18-25(34)9-11-27(29)28-3-1-2-23-17-24(32(38)39)8-10-26(23)31(28)22-6-4-20(5-7-22)16-21-12-14-37(19-21)15-13-30(35)36/h4-11,17-18,21,30H,1-3,12-16,19H2,(H,38,39). The van der Waals surface area contributed by atoms with E-state index in [1.54, 1.807) is 18.2 Å². The zero-order valence-corrected chi connectivity index (χ0v) is 22.4. The van der Waals surface area contributed by atoms with Crippen molar-refractivity contribution in [3.05, 3.63) is 105 Å². The number of carboxylic acids is 1. The van der Waals surface area contributed by atoms with E-state index in [1.807, 2.05) is 6.07 Å². The Morgan fingerprint density at radius 2 is 1.79 bits per heavy atom. The molecule has 3 nitrogen and oxygen atoms in total. The van der Waals surface area contributed by atoms with Crippen LogP contribution in [0.3, 0.4) is 0 Å². The van der Waals surface area contributed by atoms with E-state index in [2.05, 4.69) is 29.2 Å². The number of aryl methyl sites for hydroxylation is 1. The molecule has 3 aromatic rings. The van der Waals surface area contributed by atoms with Crippen molar-refractivity contribution in [2.45, 2.75) is 45.0 Å². The predicted octanol–water partition coefficient (Wildman–Crippen LogP) is 7.99. The van der Waals surface area contributed by atoms with Gasteiger partial charge in [0, 0.05) is 19.5 Å². The Hall–Kier alpha value is -3.09. The molecule has 0 amide bonds. The lowest BCUT2D eigenvalue weighted by molar-refractivity contribution is 0.0696. The number of fused-ring (bicyclic) bond motifs is 1. The molecule has 3 aromatic carbocycles. The molecule has 1 heterocycles. The Morgan fingerprint density at radius 3 is 2.51 bits per heavy atom. The number of benzene rings is 3. The Kier molecular flexibility index (Phi) is 8.43. The molecular formula is C32H31ClF3NO2. The number of hydrogen-bond acceptors (Lipinski definition) is 2. The highest BCUT2D eigenvalue weighted by atomic mass is 35.5. The number of carboxylic acid groups (broad SMARTS) is 1. The van der Waals surface area contributed by atoms with Gasteiger partial charge >= 0.3 is 5.97 Å². The minimum atomic E-state index is -2.26. The second kappa shape index (κ2) is 12.0. The summed E-state index contributed by atoms with van der Waals surface area (Å²) < 4.78 is 39.1. The molecule has 0 saturated carbocycles. The fourth-order valence-corrected chi connectivity index (χ4v) is 6.24. The summed E-state index contributed by atoms with van der Waals surface area (Å²) in [6, 6.07) is 18.1. The molecule has 7 heteroatoms. The Labute approximate surface area is 231 Å². The van der Waals surface area contributed by atoms with Crippen molar-refractivity contribution >= 4 is 28.7 Å². The van der Waals surface area contributed by atoms with Crippen LogP contribution in [0.5, 0.6) is 0 Å². The molecule has 1 aliphatic heterocycles. The van der Waals surface area contributed by atoms with E-state index >= 15 is 0 Å². The van der Waals surface area contributed by atoms with Crippen LogP contribution in [0.1, 0.15) is 63.9 Å². The van der Waals surface area contributed by atoms with Gasteiger partial charge in [-0.3, -0.25) is 0 Å². The van der Waals surface area contributed by atoms with Crippen LogP contribution in [0, 0.1) is 11.7 Å². The number of carbonyl (C=O) groups is 1. The van der Waals surface area contributed by atoms with Gasteiger partial charge in [-0.15, -0.1) is 0 Å². The first-order valence-electron chi connectivity index (χ1n) is 13.4. The minimum Gasteiger partial charge on any atom is -0.478 e. The zero-order valence-electron chi connectivity index (χ0n) is 21.6. The Bertz CT molecular complexity index is 1390. The lowest BCUT2D eigenvalue weighted by Crippen LogP contribution is -2.23. The quantitative estimate of drug-likeness (QED) is 0.307. The lowest BCUT2D eigenvalue weighted by Gasteiger charge is -2.19. The molecule has 1 unspecified atom stereocenters. The van der Waals surface area contributed by atoms with Gasteiger partial charge in [0.2, 0.25) is 6.43 Å². The Balaban J connectivity index is 1.48. The van der Waals surface area contributed by atoms with Crippen LogP contribution in [0.4, 0.5) is 13.2 Å². The number of aromatic carboxylic acids is 1. The maximum absolute atomic E-state index is 13.9. The third-order valence-electron chi connectivity index (χ3n) is 7.85. The van der Waals surface area contributed by atoms with Crippen molar-refractivity contribution in [1.29, 1.82) is 0 Å². The summed E-state index contributed by atoms with van der Waals surface area (Å²) in [5.74, 6) is -0.914. The van der Waals surface area contributed by atoms with Crippen molar-refractivity contribution in [2.75, 3.05) is 19.6 Å². The van der Waals surface area contributed by atoms with Gasteiger partial charge in [-0.2, -0.15) is 0 Å².